The third-order valence-electron chi connectivity index (χ3n) is 3.08. The molecule has 1 aromatic carbocycles. The van der Waals surface area contributed by atoms with Gasteiger partial charge in [-0.25, -0.2) is 4.68 Å². The zero-order valence-electron chi connectivity index (χ0n) is 11.1. The molecule has 0 saturated heterocycles. The van der Waals surface area contributed by atoms with Crippen molar-refractivity contribution in [3.05, 3.63) is 46.4 Å². The minimum absolute atomic E-state index is 0.0857. The molecule has 0 aliphatic rings. The monoisotopic (exact) mass is 285 g/mol. The summed E-state index contributed by atoms with van der Waals surface area (Å²) in [5.41, 5.74) is 0.776. The van der Waals surface area contributed by atoms with Crippen LogP contribution in [0, 0.1) is 6.92 Å². The van der Waals surface area contributed by atoms with Gasteiger partial charge in [-0.05, 0) is 6.92 Å². The fraction of sp³-hybridized carbons (Fsp3) is 0.143. The molecule has 0 amide bonds. The number of hydrogen-bond donors (Lipinski definition) is 1. The Bertz CT molecular complexity index is 880. The Morgan fingerprint density at radius 1 is 1.33 bits per heavy atom. The summed E-state index contributed by atoms with van der Waals surface area (Å²) in [4.78, 5) is 22.9. The maximum absolute atomic E-state index is 12.2. The molecule has 0 spiro atoms. The van der Waals surface area contributed by atoms with Crippen molar-refractivity contribution >= 4 is 16.9 Å². The number of carbonyl (C=O) groups is 1. The molecule has 0 fully saturated rings. The second-order valence-corrected chi connectivity index (χ2v) is 4.54. The van der Waals surface area contributed by atoms with E-state index in [1.807, 2.05) is 30.3 Å². The molecule has 0 radical (unpaired) electrons. The van der Waals surface area contributed by atoms with Crippen molar-refractivity contribution in [3.63, 3.8) is 0 Å². The summed E-state index contributed by atoms with van der Waals surface area (Å²) in [6.45, 7) is 1.17. The maximum atomic E-state index is 12.2. The smallest absolute Gasteiger partial charge is 0.325 e. The van der Waals surface area contributed by atoms with Crippen LogP contribution in [-0.4, -0.2) is 26.0 Å². The second-order valence-electron chi connectivity index (χ2n) is 4.54. The average molecular weight is 285 g/mol. The van der Waals surface area contributed by atoms with Gasteiger partial charge in [0.25, 0.3) is 5.56 Å². The van der Waals surface area contributed by atoms with Crippen molar-refractivity contribution in [2.45, 2.75) is 13.5 Å². The van der Waals surface area contributed by atoms with Crippen molar-refractivity contribution in [3.8, 4) is 11.3 Å². The van der Waals surface area contributed by atoms with Gasteiger partial charge in [0.05, 0.1) is 11.1 Å². The zero-order chi connectivity index (χ0) is 15.0. The molecule has 0 aliphatic carbocycles. The molecule has 0 aliphatic heterocycles. The van der Waals surface area contributed by atoms with E-state index >= 15 is 0 Å². The van der Waals surface area contributed by atoms with Crippen LogP contribution in [0.15, 0.2) is 39.6 Å². The lowest BCUT2D eigenvalue weighted by Crippen LogP contribution is -2.27. The lowest BCUT2D eigenvalue weighted by atomic mass is 10.1. The molecule has 2 heterocycles. The molecule has 1 N–H and O–H groups in total. The number of hydrogen-bond acceptors (Lipinski definition) is 5. The summed E-state index contributed by atoms with van der Waals surface area (Å²) in [6, 6.07) is 9.23. The number of aryl methyl sites for hydroxylation is 1. The molecule has 0 atom stereocenters. The summed E-state index contributed by atoms with van der Waals surface area (Å²) < 4.78 is 6.14. The molecular formula is C14H11N3O4. The topological polar surface area (TPSA) is 98.2 Å². The third-order valence-corrected chi connectivity index (χ3v) is 3.08. The molecule has 7 heteroatoms. The number of carboxylic acids is 1. The van der Waals surface area contributed by atoms with Gasteiger partial charge in [-0.1, -0.05) is 35.5 Å². The fourth-order valence-electron chi connectivity index (χ4n) is 2.19. The predicted octanol–water partition coefficient (Wildman–Crippen LogP) is 1.44. The Balaban J connectivity index is 2.27. The summed E-state index contributed by atoms with van der Waals surface area (Å²) in [5.74, 6) is -0.690. The number of nitrogens with zero attached hydrogens (tertiary/aromatic N) is 3. The van der Waals surface area contributed by atoms with E-state index in [1.54, 1.807) is 6.92 Å². The van der Waals surface area contributed by atoms with Gasteiger partial charge in [0.2, 0.25) is 0 Å². The highest BCUT2D eigenvalue weighted by Gasteiger charge is 2.19. The number of carboxylic acid groups (broad SMARTS) is 1. The van der Waals surface area contributed by atoms with Crippen molar-refractivity contribution in [1.82, 2.24) is 14.9 Å². The molecule has 0 bridgehead atoms. The second kappa shape index (κ2) is 4.86. The molecular weight excluding hydrogens is 274 g/mol. The highest BCUT2D eigenvalue weighted by atomic mass is 16.5. The van der Waals surface area contributed by atoms with Crippen LogP contribution in [0.4, 0.5) is 0 Å². The van der Waals surface area contributed by atoms with Gasteiger partial charge >= 0.3 is 5.97 Å². The number of benzene rings is 1. The SMILES string of the molecule is Cc1nn(CC(=O)O)c(=O)c2noc(-c3ccccc3)c12. The summed E-state index contributed by atoms with van der Waals surface area (Å²) in [7, 11) is 0. The number of fused-ring (bicyclic) bond motifs is 1. The Hall–Kier alpha value is -2.96. The van der Waals surface area contributed by atoms with E-state index in [0.29, 0.717) is 16.8 Å². The van der Waals surface area contributed by atoms with Crippen LogP contribution in [0.1, 0.15) is 5.69 Å². The van der Waals surface area contributed by atoms with Crippen molar-refractivity contribution in [2.75, 3.05) is 0 Å². The van der Waals surface area contributed by atoms with E-state index in [4.69, 9.17) is 9.63 Å². The van der Waals surface area contributed by atoms with E-state index in [2.05, 4.69) is 10.3 Å². The molecule has 3 aromatic rings. The van der Waals surface area contributed by atoms with E-state index < -0.39 is 18.1 Å². The van der Waals surface area contributed by atoms with E-state index in [-0.39, 0.29) is 5.52 Å². The van der Waals surface area contributed by atoms with Crippen LogP contribution in [-0.2, 0) is 11.3 Å². The van der Waals surface area contributed by atoms with Crippen molar-refractivity contribution < 1.29 is 14.4 Å². The first-order chi connectivity index (χ1) is 10.1. The van der Waals surface area contributed by atoms with Crippen LogP contribution in [0.3, 0.4) is 0 Å². The standard InChI is InChI=1S/C14H11N3O4/c1-8-11-12(14(20)17(15-8)7-10(18)19)16-21-13(11)9-5-3-2-4-6-9/h2-6H,7H2,1H3,(H,18,19). The summed E-state index contributed by atoms with van der Waals surface area (Å²) in [5, 5.41) is 17.1. The van der Waals surface area contributed by atoms with Crippen LogP contribution in [0.25, 0.3) is 22.2 Å². The van der Waals surface area contributed by atoms with E-state index in [1.165, 1.54) is 0 Å². The van der Waals surface area contributed by atoms with Gasteiger partial charge in [-0.15, -0.1) is 0 Å². The van der Waals surface area contributed by atoms with Crippen LogP contribution in [0.2, 0.25) is 0 Å². The lowest BCUT2D eigenvalue weighted by molar-refractivity contribution is -0.138. The molecule has 0 unspecified atom stereocenters. The normalized spacial score (nSPS) is 10.9. The molecule has 0 saturated carbocycles. The number of rotatable bonds is 3. The van der Waals surface area contributed by atoms with Gasteiger partial charge in [0.15, 0.2) is 11.3 Å². The van der Waals surface area contributed by atoms with Crippen LogP contribution in [0.5, 0.6) is 0 Å². The minimum Gasteiger partial charge on any atom is -0.480 e. The van der Waals surface area contributed by atoms with E-state index in [0.717, 1.165) is 10.2 Å². The Morgan fingerprint density at radius 2 is 2.05 bits per heavy atom. The first kappa shape index (κ1) is 13.0. The van der Waals surface area contributed by atoms with E-state index in [9.17, 15) is 9.59 Å². The van der Waals surface area contributed by atoms with Crippen LogP contribution >= 0.6 is 0 Å². The highest BCUT2D eigenvalue weighted by Crippen LogP contribution is 2.28. The molecule has 106 valence electrons. The fourth-order valence-corrected chi connectivity index (χ4v) is 2.19. The molecule has 7 nitrogen and oxygen atoms in total. The van der Waals surface area contributed by atoms with Gasteiger partial charge in [0, 0.05) is 5.56 Å². The largest absolute Gasteiger partial charge is 0.480 e. The zero-order valence-corrected chi connectivity index (χ0v) is 11.1. The number of aliphatic carboxylic acids is 1. The van der Waals surface area contributed by atoms with Gasteiger partial charge in [-0.2, -0.15) is 5.10 Å². The Labute approximate surface area is 118 Å². The maximum Gasteiger partial charge on any atom is 0.325 e. The first-order valence-corrected chi connectivity index (χ1v) is 6.22. The predicted molar refractivity (Wildman–Crippen MR) is 73.9 cm³/mol. The first-order valence-electron chi connectivity index (χ1n) is 6.22. The molecule has 2 aromatic heterocycles. The lowest BCUT2D eigenvalue weighted by Gasteiger charge is -2.03. The Kier molecular flexibility index (Phi) is 3.02. The van der Waals surface area contributed by atoms with Crippen molar-refractivity contribution in [2.24, 2.45) is 0 Å². The van der Waals surface area contributed by atoms with Crippen molar-refractivity contribution in [1.29, 1.82) is 0 Å². The van der Waals surface area contributed by atoms with Crippen LogP contribution < -0.4 is 5.56 Å². The average Bonchev–Trinajstić information content (AvgIpc) is 2.90. The number of aromatic nitrogens is 3. The molecule has 3 rings (SSSR count). The minimum atomic E-state index is -1.14. The van der Waals surface area contributed by atoms with Gasteiger partial charge in [0.1, 0.15) is 6.54 Å². The molecule has 21 heavy (non-hydrogen) atoms. The van der Waals surface area contributed by atoms with Gasteiger partial charge in [-0.3, -0.25) is 9.59 Å². The highest BCUT2D eigenvalue weighted by molar-refractivity contribution is 5.92. The Morgan fingerprint density at radius 3 is 2.71 bits per heavy atom. The quantitative estimate of drug-likeness (QED) is 0.782. The summed E-state index contributed by atoms with van der Waals surface area (Å²) >= 11 is 0. The summed E-state index contributed by atoms with van der Waals surface area (Å²) in [6.07, 6.45) is 0. The van der Waals surface area contributed by atoms with Gasteiger partial charge < -0.3 is 9.63 Å². The third kappa shape index (κ3) is 2.18.